The van der Waals surface area contributed by atoms with E-state index in [1.165, 1.54) is 31.2 Å². The molecule has 2 heterocycles. The van der Waals surface area contributed by atoms with Crippen LogP contribution in [-0.4, -0.2) is 48.4 Å². The molecular formula is C23H21F3N4O3. The largest absolute Gasteiger partial charge is 0.573 e. The van der Waals surface area contributed by atoms with Crippen molar-refractivity contribution < 1.29 is 27.4 Å². The van der Waals surface area contributed by atoms with E-state index in [2.05, 4.69) is 24.9 Å². The van der Waals surface area contributed by atoms with Gasteiger partial charge in [0, 0.05) is 36.0 Å². The van der Waals surface area contributed by atoms with Crippen molar-refractivity contribution in [1.82, 2.24) is 9.97 Å². The molecule has 4 rings (SSSR count). The first kappa shape index (κ1) is 22.5. The van der Waals surface area contributed by atoms with Crippen LogP contribution >= 0.6 is 0 Å². The van der Waals surface area contributed by atoms with Gasteiger partial charge in [-0.15, -0.1) is 13.2 Å². The first-order valence-electron chi connectivity index (χ1n) is 10.2. The number of rotatable bonds is 6. The van der Waals surface area contributed by atoms with Crippen molar-refractivity contribution in [2.45, 2.75) is 13.3 Å². The van der Waals surface area contributed by atoms with Crippen LogP contribution in [0.3, 0.4) is 0 Å². The molecule has 1 N–H and O–H groups in total. The number of aromatic nitrogens is 2. The van der Waals surface area contributed by atoms with Crippen molar-refractivity contribution in [2.24, 2.45) is 0 Å². The number of halogens is 3. The van der Waals surface area contributed by atoms with E-state index in [-0.39, 0.29) is 11.5 Å². The lowest BCUT2D eigenvalue weighted by atomic mass is 10.1. The van der Waals surface area contributed by atoms with Crippen LogP contribution < -0.4 is 15.0 Å². The Kier molecular flexibility index (Phi) is 6.45. The number of ketones is 1. The minimum atomic E-state index is -4.75. The number of hydrogen-bond acceptors (Lipinski definition) is 7. The summed E-state index contributed by atoms with van der Waals surface area (Å²) in [5, 5.41) is 3.11. The maximum Gasteiger partial charge on any atom is 0.573 e. The first-order valence-corrected chi connectivity index (χ1v) is 10.2. The molecule has 0 bridgehead atoms. The highest BCUT2D eigenvalue weighted by molar-refractivity contribution is 5.95. The van der Waals surface area contributed by atoms with Crippen LogP contribution in [0.15, 0.2) is 54.6 Å². The fourth-order valence-electron chi connectivity index (χ4n) is 3.35. The average molecular weight is 458 g/mol. The van der Waals surface area contributed by atoms with E-state index in [0.29, 0.717) is 60.6 Å². The van der Waals surface area contributed by atoms with Crippen molar-refractivity contribution >= 4 is 23.1 Å². The van der Waals surface area contributed by atoms with Crippen molar-refractivity contribution in [2.75, 3.05) is 36.5 Å². The van der Waals surface area contributed by atoms with Crippen molar-refractivity contribution in [3.05, 3.63) is 60.2 Å². The maximum atomic E-state index is 12.4. The summed E-state index contributed by atoms with van der Waals surface area (Å²) in [4.78, 5) is 23.1. The molecule has 7 nitrogen and oxygen atoms in total. The Morgan fingerprint density at radius 2 is 1.79 bits per heavy atom. The Balaban J connectivity index is 1.66. The second-order valence-corrected chi connectivity index (χ2v) is 7.37. The van der Waals surface area contributed by atoms with Gasteiger partial charge in [0.1, 0.15) is 17.4 Å². The topological polar surface area (TPSA) is 76.6 Å². The molecule has 1 aliphatic rings. The number of anilines is 3. The molecule has 0 amide bonds. The molecule has 0 spiro atoms. The van der Waals surface area contributed by atoms with Crippen LogP contribution in [0.5, 0.6) is 5.75 Å². The minimum absolute atomic E-state index is 0.0688. The third kappa shape index (κ3) is 5.98. The zero-order valence-electron chi connectivity index (χ0n) is 17.7. The number of Topliss-reactive ketones (excluding diaryl/α,β-unsaturated/α-hetero) is 1. The summed E-state index contributed by atoms with van der Waals surface area (Å²) < 4.78 is 46.5. The zero-order chi connectivity index (χ0) is 23.4. The quantitative estimate of drug-likeness (QED) is 0.531. The number of morpholine rings is 1. The molecule has 10 heteroatoms. The smallest absolute Gasteiger partial charge is 0.406 e. The lowest BCUT2D eigenvalue weighted by Gasteiger charge is -2.28. The van der Waals surface area contributed by atoms with Gasteiger partial charge in [-0.2, -0.15) is 0 Å². The van der Waals surface area contributed by atoms with Crippen molar-refractivity contribution in [1.29, 1.82) is 0 Å². The van der Waals surface area contributed by atoms with Gasteiger partial charge in [-0.1, -0.05) is 18.2 Å². The van der Waals surface area contributed by atoms with Crippen LogP contribution in [-0.2, 0) is 4.74 Å². The lowest BCUT2D eigenvalue weighted by Crippen LogP contribution is -2.36. The van der Waals surface area contributed by atoms with E-state index in [1.54, 1.807) is 24.3 Å². The molecule has 0 atom stereocenters. The molecule has 3 aromatic rings. The Morgan fingerprint density at radius 3 is 2.45 bits per heavy atom. The normalized spacial score (nSPS) is 14.1. The molecule has 1 saturated heterocycles. The molecular weight excluding hydrogens is 437 g/mol. The van der Waals surface area contributed by atoms with Crippen LogP contribution in [0.25, 0.3) is 11.4 Å². The number of alkyl halides is 3. The summed E-state index contributed by atoms with van der Waals surface area (Å²) in [7, 11) is 0. The predicted octanol–water partition coefficient (Wildman–Crippen LogP) is 4.83. The second kappa shape index (κ2) is 9.45. The summed E-state index contributed by atoms with van der Waals surface area (Å²) in [6.07, 6.45) is -4.75. The Bertz CT molecular complexity index is 1130. The first-order chi connectivity index (χ1) is 15.8. The van der Waals surface area contributed by atoms with Crippen molar-refractivity contribution in [3.63, 3.8) is 0 Å². The highest BCUT2D eigenvalue weighted by Crippen LogP contribution is 2.28. The maximum absolute atomic E-state index is 12.4. The molecule has 0 unspecified atom stereocenters. The van der Waals surface area contributed by atoms with Gasteiger partial charge in [-0.05, 0) is 37.3 Å². The molecule has 33 heavy (non-hydrogen) atoms. The third-order valence-electron chi connectivity index (χ3n) is 4.94. The van der Waals surface area contributed by atoms with Gasteiger partial charge in [0.2, 0.25) is 0 Å². The monoisotopic (exact) mass is 458 g/mol. The van der Waals surface area contributed by atoms with E-state index >= 15 is 0 Å². The Hall–Kier alpha value is -3.66. The van der Waals surface area contributed by atoms with Gasteiger partial charge in [0.25, 0.3) is 0 Å². The molecule has 172 valence electrons. The number of hydrogen-bond donors (Lipinski definition) is 1. The molecule has 2 aromatic carbocycles. The summed E-state index contributed by atoms with van der Waals surface area (Å²) in [6, 6.07) is 14.2. The zero-order valence-corrected chi connectivity index (χ0v) is 17.7. The number of nitrogens with zero attached hydrogens (tertiary/aromatic N) is 3. The number of nitrogens with one attached hydrogen (secondary N) is 1. The summed E-state index contributed by atoms with van der Waals surface area (Å²) in [6.45, 7) is 3.95. The lowest BCUT2D eigenvalue weighted by molar-refractivity contribution is -0.274. The van der Waals surface area contributed by atoms with Crippen LogP contribution in [0.4, 0.5) is 30.5 Å². The van der Waals surface area contributed by atoms with E-state index in [4.69, 9.17) is 4.74 Å². The van der Waals surface area contributed by atoms with Crippen LogP contribution in [0.2, 0.25) is 0 Å². The van der Waals surface area contributed by atoms with Gasteiger partial charge in [0.15, 0.2) is 11.6 Å². The SMILES string of the molecule is CC(=O)c1cccc(-c2nc(Nc3ccc(OC(F)(F)F)cc3)cc(N3CCOCC3)n2)c1. The van der Waals surface area contributed by atoms with Gasteiger partial charge in [-0.25, -0.2) is 9.97 Å². The van der Waals surface area contributed by atoms with E-state index in [1.807, 2.05) is 6.07 Å². The Labute approximate surface area is 188 Å². The Morgan fingerprint density at radius 1 is 1.06 bits per heavy atom. The molecule has 0 radical (unpaired) electrons. The minimum Gasteiger partial charge on any atom is -0.406 e. The summed E-state index contributed by atoms with van der Waals surface area (Å²) in [5.41, 5.74) is 1.75. The molecule has 1 fully saturated rings. The number of ether oxygens (including phenoxy) is 2. The standard InChI is InChI=1S/C23H21F3N4O3/c1-15(31)16-3-2-4-17(13-16)22-28-20(14-21(29-22)30-9-11-32-12-10-30)27-18-5-7-19(8-6-18)33-23(24,25)26/h2-8,13-14H,9-12H2,1H3,(H,27,28,29). The number of benzene rings is 2. The van der Waals surface area contributed by atoms with Gasteiger partial charge >= 0.3 is 6.36 Å². The van der Waals surface area contributed by atoms with E-state index < -0.39 is 6.36 Å². The number of carbonyl (C=O) groups excluding carboxylic acids is 1. The highest BCUT2D eigenvalue weighted by atomic mass is 19.4. The second-order valence-electron chi connectivity index (χ2n) is 7.37. The molecule has 1 aliphatic heterocycles. The molecule has 0 aliphatic carbocycles. The van der Waals surface area contributed by atoms with Crippen LogP contribution in [0, 0.1) is 0 Å². The van der Waals surface area contributed by atoms with Gasteiger partial charge in [-0.3, -0.25) is 4.79 Å². The van der Waals surface area contributed by atoms with Gasteiger partial charge < -0.3 is 19.7 Å². The average Bonchev–Trinajstić information content (AvgIpc) is 2.80. The van der Waals surface area contributed by atoms with Gasteiger partial charge in [0.05, 0.1) is 13.2 Å². The highest BCUT2D eigenvalue weighted by Gasteiger charge is 2.31. The fraction of sp³-hybridized carbons (Fsp3) is 0.261. The molecule has 1 aromatic heterocycles. The molecule has 0 saturated carbocycles. The van der Waals surface area contributed by atoms with E-state index in [0.717, 1.165) is 0 Å². The predicted molar refractivity (Wildman–Crippen MR) is 117 cm³/mol. The van der Waals surface area contributed by atoms with Crippen LogP contribution in [0.1, 0.15) is 17.3 Å². The third-order valence-corrected chi connectivity index (χ3v) is 4.94. The van der Waals surface area contributed by atoms with Crippen molar-refractivity contribution in [3.8, 4) is 17.1 Å². The van der Waals surface area contributed by atoms with E-state index in [9.17, 15) is 18.0 Å². The summed E-state index contributed by atoms with van der Waals surface area (Å²) >= 11 is 0. The number of carbonyl (C=O) groups is 1. The fourth-order valence-corrected chi connectivity index (χ4v) is 3.35. The summed E-state index contributed by atoms with van der Waals surface area (Å²) in [5.74, 6) is 1.17.